The Balaban J connectivity index is 3.22. The van der Waals surface area contributed by atoms with Crippen LogP contribution in [-0.2, 0) is 4.74 Å². The summed E-state index contributed by atoms with van der Waals surface area (Å²) >= 11 is 0. The summed E-state index contributed by atoms with van der Waals surface area (Å²) in [6.45, 7) is 2.00. The lowest BCUT2D eigenvalue weighted by Gasteiger charge is -2.32. The van der Waals surface area contributed by atoms with Crippen LogP contribution in [-0.4, -0.2) is 37.5 Å². The fraction of sp³-hybridized carbons (Fsp3) is 0.636. The second-order valence-electron chi connectivity index (χ2n) is 4.00. The molecule has 2 atom stereocenters. The van der Waals surface area contributed by atoms with Gasteiger partial charge in [0, 0.05) is 33.5 Å². The fourth-order valence-corrected chi connectivity index (χ4v) is 2.06. The van der Waals surface area contributed by atoms with Crippen LogP contribution < -0.4 is 0 Å². The van der Waals surface area contributed by atoms with Crippen LogP contribution in [0.1, 0.15) is 13.3 Å². The SMILES string of the molecule is CO[C@@H]1C[C@H](C)C(=C(C#N)C#N)N1N(C)C. The second-order valence-corrected chi connectivity index (χ2v) is 4.00. The third-order valence-corrected chi connectivity index (χ3v) is 2.72. The molecule has 86 valence electrons. The molecule has 1 aliphatic heterocycles. The van der Waals surface area contributed by atoms with Crippen molar-refractivity contribution in [3.63, 3.8) is 0 Å². The zero-order valence-electron chi connectivity index (χ0n) is 10.1. The Bertz CT molecular complexity index is 358. The number of hydrazine groups is 1. The van der Waals surface area contributed by atoms with Crippen LogP contribution in [0.2, 0.25) is 0 Å². The first kappa shape index (κ1) is 12.5. The molecular weight excluding hydrogens is 204 g/mol. The molecule has 0 amide bonds. The van der Waals surface area contributed by atoms with Crippen molar-refractivity contribution in [3.05, 3.63) is 11.3 Å². The van der Waals surface area contributed by atoms with Gasteiger partial charge in [-0.05, 0) is 0 Å². The topological polar surface area (TPSA) is 63.3 Å². The highest BCUT2D eigenvalue weighted by Gasteiger charge is 2.37. The second kappa shape index (κ2) is 4.98. The maximum atomic E-state index is 8.95. The summed E-state index contributed by atoms with van der Waals surface area (Å²) < 4.78 is 5.36. The maximum absolute atomic E-state index is 8.95. The number of hydrogen-bond donors (Lipinski definition) is 0. The lowest BCUT2D eigenvalue weighted by atomic mass is 10.0. The van der Waals surface area contributed by atoms with Gasteiger partial charge in [0.05, 0.1) is 5.70 Å². The third kappa shape index (κ3) is 2.01. The average molecular weight is 220 g/mol. The van der Waals surface area contributed by atoms with Crippen LogP contribution in [0.15, 0.2) is 11.3 Å². The molecule has 0 aromatic carbocycles. The predicted molar refractivity (Wildman–Crippen MR) is 58.4 cm³/mol. The van der Waals surface area contributed by atoms with E-state index in [0.717, 1.165) is 12.1 Å². The number of nitriles is 2. The smallest absolute Gasteiger partial charge is 0.150 e. The maximum Gasteiger partial charge on any atom is 0.150 e. The van der Waals surface area contributed by atoms with Crippen LogP contribution >= 0.6 is 0 Å². The lowest BCUT2D eigenvalue weighted by Crippen LogP contribution is -2.41. The van der Waals surface area contributed by atoms with Gasteiger partial charge in [-0.15, -0.1) is 0 Å². The van der Waals surface area contributed by atoms with E-state index in [1.54, 1.807) is 7.11 Å². The number of rotatable bonds is 2. The van der Waals surface area contributed by atoms with Crippen molar-refractivity contribution in [2.45, 2.75) is 19.6 Å². The summed E-state index contributed by atoms with van der Waals surface area (Å²) in [4.78, 5) is 0. The molecule has 0 saturated carbocycles. The molecule has 0 bridgehead atoms. The molecule has 0 aromatic heterocycles. The molecule has 0 radical (unpaired) electrons. The monoisotopic (exact) mass is 220 g/mol. The summed E-state index contributed by atoms with van der Waals surface area (Å²) in [5, 5.41) is 21.6. The summed E-state index contributed by atoms with van der Waals surface area (Å²) in [6, 6.07) is 3.90. The van der Waals surface area contributed by atoms with Crippen LogP contribution in [0, 0.1) is 28.6 Å². The van der Waals surface area contributed by atoms with Crippen LogP contribution in [0.5, 0.6) is 0 Å². The van der Waals surface area contributed by atoms with Gasteiger partial charge in [-0.3, -0.25) is 5.01 Å². The molecule has 0 N–H and O–H groups in total. The largest absolute Gasteiger partial charge is 0.360 e. The van der Waals surface area contributed by atoms with Gasteiger partial charge in [0.1, 0.15) is 18.4 Å². The minimum Gasteiger partial charge on any atom is -0.360 e. The molecule has 1 rings (SSSR count). The van der Waals surface area contributed by atoms with E-state index in [-0.39, 0.29) is 17.7 Å². The minimum atomic E-state index is -0.100. The zero-order chi connectivity index (χ0) is 12.3. The van der Waals surface area contributed by atoms with Crippen molar-refractivity contribution in [2.24, 2.45) is 5.92 Å². The third-order valence-electron chi connectivity index (χ3n) is 2.72. The number of allylic oxidation sites excluding steroid dienone is 2. The van der Waals surface area contributed by atoms with Gasteiger partial charge in [-0.2, -0.15) is 10.5 Å². The minimum absolute atomic E-state index is 0.100. The van der Waals surface area contributed by atoms with E-state index in [9.17, 15) is 0 Å². The molecular formula is C11H16N4O. The number of hydrogen-bond acceptors (Lipinski definition) is 5. The van der Waals surface area contributed by atoms with Crippen molar-refractivity contribution >= 4 is 0 Å². The molecule has 1 aliphatic rings. The van der Waals surface area contributed by atoms with Crippen molar-refractivity contribution in [2.75, 3.05) is 21.2 Å². The summed E-state index contributed by atoms with van der Waals surface area (Å²) in [5.74, 6) is 0.154. The van der Waals surface area contributed by atoms with E-state index in [2.05, 4.69) is 0 Å². The Morgan fingerprint density at radius 2 is 2.00 bits per heavy atom. The molecule has 1 saturated heterocycles. The fourth-order valence-electron chi connectivity index (χ4n) is 2.06. The van der Waals surface area contributed by atoms with Gasteiger partial charge in [0.2, 0.25) is 0 Å². The highest BCUT2D eigenvalue weighted by atomic mass is 16.5. The Kier molecular flexibility index (Phi) is 3.89. The highest BCUT2D eigenvalue weighted by molar-refractivity contribution is 5.41. The van der Waals surface area contributed by atoms with Crippen molar-refractivity contribution in [1.82, 2.24) is 10.0 Å². The molecule has 0 unspecified atom stereocenters. The molecule has 5 nitrogen and oxygen atoms in total. The van der Waals surface area contributed by atoms with Gasteiger partial charge < -0.3 is 4.74 Å². The van der Waals surface area contributed by atoms with E-state index in [4.69, 9.17) is 15.3 Å². The normalized spacial score (nSPS) is 24.4. The van der Waals surface area contributed by atoms with Crippen molar-refractivity contribution < 1.29 is 4.74 Å². The van der Waals surface area contributed by atoms with E-state index in [0.29, 0.717) is 0 Å². The standard InChI is InChI=1S/C11H16N4O/c1-8-5-10(16-4)15(14(2)3)11(8)9(6-12)7-13/h8,10H,5H2,1-4H3/t8-,10+/m0/s1. The van der Waals surface area contributed by atoms with Crippen LogP contribution in [0.25, 0.3) is 0 Å². The van der Waals surface area contributed by atoms with Crippen LogP contribution in [0.3, 0.4) is 0 Å². The highest BCUT2D eigenvalue weighted by Crippen LogP contribution is 2.35. The van der Waals surface area contributed by atoms with E-state index in [1.807, 2.05) is 43.2 Å². The molecule has 0 aliphatic carbocycles. The molecule has 0 aromatic rings. The molecule has 16 heavy (non-hydrogen) atoms. The Labute approximate surface area is 96.1 Å². The van der Waals surface area contributed by atoms with Gasteiger partial charge >= 0.3 is 0 Å². The zero-order valence-corrected chi connectivity index (χ0v) is 10.1. The van der Waals surface area contributed by atoms with Gasteiger partial charge in [0.15, 0.2) is 5.57 Å². The van der Waals surface area contributed by atoms with E-state index < -0.39 is 0 Å². The van der Waals surface area contributed by atoms with E-state index in [1.165, 1.54) is 0 Å². The lowest BCUT2D eigenvalue weighted by molar-refractivity contribution is -0.0882. The number of ether oxygens (including phenoxy) is 1. The molecule has 0 spiro atoms. The van der Waals surface area contributed by atoms with Gasteiger partial charge in [0.25, 0.3) is 0 Å². The summed E-state index contributed by atoms with van der Waals surface area (Å²) in [7, 11) is 5.38. The predicted octanol–water partition coefficient (Wildman–Crippen LogP) is 1.08. The molecule has 1 heterocycles. The first-order valence-corrected chi connectivity index (χ1v) is 5.10. The Morgan fingerprint density at radius 1 is 1.44 bits per heavy atom. The first-order chi connectivity index (χ1) is 7.56. The quantitative estimate of drug-likeness (QED) is 0.651. The van der Waals surface area contributed by atoms with Crippen LogP contribution in [0.4, 0.5) is 0 Å². The summed E-state index contributed by atoms with van der Waals surface area (Å²) in [6.07, 6.45) is 0.688. The van der Waals surface area contributed by atoms with Crippen molar-refractivity contribution in [3.8, 4) is 12.1 Å². The first-order valence-electron chi connectivity index (χ1n) is 5.10. The van der Waals surface area contributed by atoms with E-state index >= 15 is 0 Å². The molecule has 1 fully saturated rings. The average Bonchev–Trinajstić information content (AvgIpc) is 2.58. The van der Waals surface area contributed by atoms with Crippen molar-refractivity contribution in [1.29, 1.82) is 10.5 Å². The van der Waals surface area contributed by atoms with Gasteiger partial charge in [-0.25, -0.2) is 5.01 Å². The Morgan fingerprint density at radius 3 is 2.38 bits per heavy atom. The van der Waals surface area contributed by atoms with Gasteiger partial charge in [-0.1, -0.05) is 6.92 Å². The molecule has 5 heteroatoms. The number of nitrogens with zero attached hydrogens (tertiary/aromatic N) is 4. The summed E-state index contributed by atoms with van der Waals surface area (Å²) in [5.41, 5.74) is 0.919. The Hall–Kier alpha value is -1.56. The number of methoxy groups -OCH3 is 1.